The van der Waals surface area contributed by atoms with Crippen molar-refractivity contribution < 1.29 is 4.74 Å². The molecule has 0 saturated heterocycles. The first-order valence-electron chi connectivity index (χ1n) is 25.3. The molecular weight excluding hydrogens is 873 g/mol. The Bertz CT molecular complexity index is 3130. The van der Waals surface area contributed by atoms with Crippen LogP contribution in [-0.4, -0.2) is 18.3 Å². The van der Waals surface area contributed by atoms with Crippen LogP contribution in [0.5, 0.6) is 11.5 Å². The largest absolute Gasteiger partial charge is 0.457 e. The molecule has 0 spiro atoms. The number of rotatable bonds is 26. The summed E-state index contributed by atoms with van der Waals surface area (Å²) in [6.45, 7) is 5.00. The molecule has 0 radical (unpaired) electrons. The monoisotopic (exact) mass is 934 g/mol. The van der Waals surface area contributed by atoms with E-state index < -0.39 is 44.5 Å². The lowest BCUT2D eigenvalue weighted by Gasteiger charge is -2.08. The summed E-state index contributed by atoms with van der Waals surface area (Å²) in [5.41, 5.74) is -3.69. The van der Waals surface area contributed by atoms with Gasteiger partial charge in [0.15, 0.2) is 0 Å². The Morgan fingerprint density at radius 1 is 0.304 bits per heavy atom. The minimum atomic E-state index is -0.604. The van der Waals surface area contributed by atoms with E-state index in [-0.39, 0.29) is 54.5 Å². The second-order valence-corrected chi connectivity index (χ2v) is 18.8. The van der Waals surface area contributed by atoms with Crippen LogP contribution in [0.15, 0.2) is 111 Å². The van der Waals surface area contributed by atoms with Crippen molar-refractivity contribution in [2.45, 2.75) is 155 Å². The number of benzene rings is 4. The fraction of sp³-hybridized carbons (Fsp3) is 0.429. The van der Waals surface area contributed by atoms with Crippen LogP contribution in [-0.2, 0) is 13.1 Å². The number of fused-ring (bicyclic) bond motifs is 4. The zero-order valence-electron chi connectivity index (χ0n) is 39.9. The predicted molar refractivity (Wildman–Crippen MR) is 276 cm³/mol. The number of aromatic nitrogens is 4. The molecule has 0 bridgehead atoms. The highest BCUT2D eigenvalue weighted by Gasteiger charge is 2.22. The van der Waals surface area contributed by atoms with Crippen molar-refractivity contribution in [2.24, 2.45) is 0 Å². The normalized spacial score (nSPS) is 11.9. The van der Waals surface area contributed by atoms with Gasteiger partial charge in [-0.2, -0.15) is 0 Å². The molecular formula is C56H62N4O9. The SMILES string of the molecule is CCCCCCCCCCCCn1c(=O)c2cc3c(=O)n(-c4ccc(Oc5ccc(-n6c(=O)c7cc8c(=O)n(CCCCCCCCCCCC)c(=O)c8cc7c6=O)cc5)cc4)c(=O)c3cc2c1=O. The molecule has 4 aromatic carbocycles. The highest BCUT2D eigenvalue weighted by molar-refractivity contribution is 5.99. The standard InChI is InChI=1S/C56H62N4O9/c1-3-5-7-9-11-13-15-17-19-21-31-57-49(61)41-33-45-46(34-42(41)50(57)62)54(66)59(53(45)65)37-23-27-39(28-24-37)69-40-29-25-38(26-30-40)60-55(67)47-35-43-44(36-48(47)56(60)68)52(64)58(51(43)63)32-22-20-18-16-14-12-10-8-6-4-2/h23-30,33-36H,3-22,31-32H2,1-2H3. The van der Waals surface area contributed by atoms with E-state index in [0.717, 1.165) is 47.7 Å². The van der Waals surface area contributed by atoms with Gasteiger partial charge in [0, 0.05) is 13.1 Å². The maximum atomic E-state index is 13.7. The van der Waals surface area contributed by atoms with Crippen molar-refractivity contribution in [1.82, 2.24) is 18.3 Å². The molecule has 0 atom stereocenters. The van der Waals surface area contributed by atoms with E-state index in [1.165, 1.54) is 110 Å². The van der Waals surface area contributed by atoms with E-state index in [1.807, 2.05) is 0 Å². The van der Waals surface area contributed by atoms with Gasteiger partial charge in [0.1, 0.15) is 11.5 Å². The van der Waals surface area contributed by atoms with Gasteiger partial charge in [0.25, 0.3) is 44.5 Å². The summed E-state index contributed by atoms with van der Waals surface area (Å²) >= 11 is 0. The van der Waals surface area contributed by atoms with Gasteiger partial charge < -0.3 is 4.74 Å². The van der Waals surface area contributed by atoms with Gasteiger partial charge in [0.2, 0.25) is 0 Å². The van der Waals surface area contributed by atoms with Crippen LogP contribution in [0.25, 0.3) is 54.5 Å². The first kappa shape index (κ1) is 48.7. The Hall–Kier alpha value is -6.76. The molecule has 0 aliphatic rings. The third-order valence-electron chi connectivity index (χ3n) is 13.8. The molecule has 0 fully saturated rings. The molecule has 0 unspecified atom stereocenters. The third-order valence-corrected chi connectivity index (χ3v) is 13.8. The zero-order valence-corrected chi connectivity index (χ0v) is 39.9. The van der Waals surface area contributed by atoms with Crippen molar-refractivity contribution >= 4 is 43.1 Å². The van der Waals surface area contributed by atoms with Gasteiger partial charge in [-0.15, -0.1) is 0 Å². The van der Waals surface area contributed by atoms with Crippen LogP contribution in [0.1, 0.15) is 142 Å². The molecule has 360 valence electrons. The maximum absolute atomic E-state index is 13.7. The molecule has 4 heterocycles. The van der Waals surface area contributed by atoms with Gasteiger partial charge in [-0.05, 0) is 85.6 Å². The third kappa shape index (κ3) is 10.2. The summed E-state index contributed by atoms with van der Waals surface area (Å²) in [5, 5.41) is 0.762. The average Bonchev–Trinajstić information content (AvgIpc) is 3.94. The molecule has 69 heavy (non-hydrogen) atoms. The summed E-state index contributed by atoms with van der Waals surface area (Å²) in [5.74, 6) is 0.736. The van der Waals surface area contributed by atoms with Crippen molar-refractivity contribution in [1.29, 1.82) is 0 Å². The molecule has 0 saturated carbocycles. The van der Waals surface area contributed by atoms with E-state index >= 15 is 0 Å². The van der Waals surface area contributed by atoms with Crippen LogP contribution < -0.4 is 49.2 Å². The fourth-order valence-corrected chi connectivity index (χ4v) is 9.90. The summed E-state index contributed by atoms with van der Waals surface area (Å²) in [6.07, 6.45) is 22.6. The second kappa shape index (κ2) is 22.1. The predicted octanol–water partition coefficient (Wildman–Crippen LogP) is 9.75. The Balaban J connectivity index is 0.907. The van der Waals surface area contributed by atoms with Crippen LogP contribution in [0.3, 0.4) is 0 Å². The van der Waals surface area contributed by atoms with Gasteiger partial charge in [-0.1, -0.05) is 129 Å². The molecule has 0 aliphatic heterocycles. The van der Waals surface area contributed by atoms with E-state index in [2.05, 4.69) is 13.8 Å². The van der Waals surface area contributed by atoms with Crippen molar-refractivity contribution in [3.63, 3.8) is 0 Å². The van der Waals surface area contributed by atoms with E-state index in [9.17, 15) is 38.4 Å². The maximum Gasteiger partial charge on any atom is 0.266 e. The molecule has 8 rings (SSSR count). The van der Waals surface area contributed by atoms with Gasteiger partial charge >= 0.3 is 0 Å². The smallest absolute Gasteiger partial charge is 0.266 e. The summed E-state index contributed by atoms with van der Waals surface area (Å²) < 4.78 is 10.5. The minimum absolute atomic E-state index is 0.0618. The first-order chi connectivity index (χ1) is 33.5. The quantitative estimate of drug-likeness (QED) is 0.0481. The Labute approximate surface area is 398 Å². The number of ether oxygens (including phenoxy) is 1. The fourth-order valence-electron chi connectivity index (χ4n) is 9.90. The lowest BCUT2D eigenvalue weighted by atomic mass is 10.1. The second-order valence-electron chi connectivity index (χ2n) is 18.8. The number of hydrogen-bond donors (Lipinski definition) is 0. The number of nitrogens with zero attached hydrogens (tertiary/aromatic N) is 4. The van der Waals surface area contributed by atoms with E-state index in [4.69, 9.17) is 4.74 Å². The van der Waals surface area contributed by atoms with Gasteiger partial charge in [-0.3, -0.25) is 47.5 Å². The topological polar surface area (TPSA) is 166 Å². The molecule has 0 aliphatic carbocycles. The van der Waals surface area contributed by atoms with Crippen molar-refractivity contribution in [3.8, 4) is 22.9 Å². The Kier molecular flexibility index (Phi) is 15.6. The van der Waals surface area contributed by atoms with Crippen LogP contribution in [0.2, 0.25) is 0 Å². The summed E-state index contributed by atoms with van der Waals surface area (Å²) in [4.78, 5) is 108. The summed E-state index contributed by atoms with van der Waals surface area (Å²) in [7, 11) is 0. The highest BCUT2D eigenvalue weighted by atomic mass is 16.5. The molecule has 0 amide bonds. The number of unbranched alkanes of at least 4 members (excludes halogenated alkanes) is 18. The van der Waals surface area contributed by atoms with Crippen LogP contribution >= 0.6 is 0 Å². The molecule has 13 nitrogen and oxygen atoms in total. The van der Waals surface area contributed by atoms with Crippen molar-refractivity contribution in [2.75, 3.05) is 0 Å². The van der Waals surface area contributed by atoms with Crippen LogP contribution in [0, 0.1) is 0 Å². The molecule has 0 N–H and O–H groups in total. The summed E-state index contributed by atoms with van der Waals surface area (Å²) in [6, 6.07) is 18.0. The number of hydrogen-bond acceptors (Lipinski definition) is 9. The van der Waals surface area contributed by atoms with Gasteiger partial charge in [-0.25, -0.2) is 9.13 Å². The highest BCUT2D eigenvalue weighted by Crippen LogP contribution is 2.25. The zero-order chi connectivity index (χ0) is 48.6. The molecule has 13 heteroatoms. The lowest BCUT2D eigenvalue weighted by Crippen LogP contribution is -2.25. The first-order valence-corrected chi connectivity index (χ1v) is 25.3. The Morgan fingerprint density at radius 3 is 0.797 bits per heavy atom. The molecule has 8 aromatic rings. The lowest BCUT2D eigenvalue weighted by molar-refractivity contribution is 0.482. The Morgan fingerprint density at radius 2 is 0.536 bits per heavy atom. The van der Waals surface area contributed by atoms with Gasteiger partial charge in [0.05, 0.1) is 54.5 Å². The minimum Gasteiger partial charge on any atom is -0.457 e. The van der Waals surface area contributed by atoms with Crippen LogP contribution in [0.4, 0.5) is 0 Å². The van der Waals surface area contributed by atoms with E-state index in [1.54, 1.807) is 48.5 Å². The average molecular weight is 935 g/mol. The molecule has 4 aromatic heterocycles. The van der Waals surface area contributed by atoms with E-state index in [0.29, 0.717) is 37.4 Å². The van der Waals surface area contributed by atoms with Crippen molar-refractivity contribution in [3.05, 3.63) is 156 Å².